The van der Waals surface area contributed by atoms with Crippen molar-refractivity contribution in [1.82, 2.24) is 0 Å². The van der Waals surface area contributed by atoms with Crippen molar-refractivity contribution in [3.63, 3.8) is 0 Å². The summed E-state index contributed by atoms with van der Waals surface area (Å²) >= 11 is -0.826. The summed E-state index contributed by atoms with van der Waals surface area (Å²) in [6.45, 7) is 2.25. The van der Waals surface area contributed by atoms with E-state index < -0.39 is 20.8 Å². The summed E-state index contributed by atoms with van der Waals surface area (Å²) in [5.74, 6) is 0.635. The second-order valence-electron chi connectivity index (χ2n) is 3.36. The molecule has 0 saturated heterocycles. The molecule has 2 aliphatic carbocycles. The van der Waals surface area contributed by atoms with E-state index in [-0.39, 0.29) is 0 Å². The Kier molecular flexibility index (Phi) is 5.94. The van der Waals surface area contributed by atoms with Crippen molar-refractivity contribution in [2.75, 3.05) is 0 Å². The molecule has 2 rings (SSSR count). The standard InChI is InChI=1S/C10H13.2ClH.Zr/c1-8-6-7-9-4-2-3-5-10(8)9;;;/h7-8H,2-5H2,1H3;2*1H;/q;;;+2/p-2. The van der Waals surface area contributed by atoms with Gasteiger partial charge >= 0.3 is 37.9 Å². The quantitative estimate of drug-likeness (QED) is 0.627. The molecule has 0 nitrogen and oxygen atoms in total. The Labute approximate surface area is 99.0 Å². The summed E-state index contributed by atoms with van der Waals surface area (Å²) in [7, 11) is 9.87. The molecule has 0 aliphatic heterocycles. The van der Waals surface area contributed by atoms with Gasteiger partial charge in [-0.2, -0.15) is 0 Å². The van der Waals surface area contributed by atoms with Crippen molar-refractivity contribution >= 4 is 17.0 Å². The second kappa shape index (κ2) is 6.43. The summed E-state index contributed by atoms with van der Waals surface area (Å²) in [5.41, 5.74) is 3.27. The van der Waals surface area contributed by atoms with E-state index in [1.54, 1.807) is 11.1 Å². The van der Waals surface area contributed by atoms with Gasteiger partial charge in [-0.05, 0) is 37.3 Å². The maximum absolute atomic E-state index is 4.93. The van der Waals surface area contributed by atoms with Crippen molar-refractivity contribution < 1.29 is 20.8 Å². The predicted octanol–water partition coefficient (Wildman–Crippen LogP) is 4.24. The van der Waals surface area contributed by atoms with Crippen LogP contribution in [0.5, 0.6) is 0 Å². The number of hydrogen-bond donors (Lipinski definition) is 0. The van der Waals surface area contributed by atoms with Crippen LogP contribution in [0.25, 0.3) is 0 Å². The molecule has 2 aliphatic rings. The van der Waals surface area contributed by atoms with Crippen molar-refractivity contribution in [2.45, 2.75) is 32.6 Å². The van der Waals surface area contributed by atoms with E-state index in [4.69, 9.17) is 17.0 Å². The van der Waals surface area contributed by atoms with E-state index in [9.17, 15) is 0 Å². The van der Waals surface area contributed by atoms with Gasteiger partial charge in [0.15, 0.2) is 0 Å². The minimum absolute atomic E-state index is 0.635. The van der Waals surface area contributed by atoms with E-state index in [1.165, 1.54) is 25.7 Å². The van der Waals surface area contributed by atoms with Crippen LogP contribution in [0, 0.1) is 12.0 Å². The van der Waals surface area contributed by atoms with E-state index in [0.29, 0.717) is 5.92 Å². The summed E-state index contributed by atoms with van der Waals surface area (Å²) in [5, 5.41) is 0. The molecule has 0 amide bonds. The maximum atomic E-state index is 4.93. The zero-order valence-corrected chi connectivity index (χ0v) is 11.7. The van der Waals surface area contributed by atoms with Gasteiger partial charge < -0.3 is 0 Å². The van der Waals surface area contributed by atoms with Crippen LogP contribution in [0.15, 0.2) is 17.2 Å². The molecule has 0 heterocycles. The van der Waals surface area contributed by atoms with Crippen LogP contribution < -0.4 is 0 Å². The molecule has 0 bridgehead atoms. The van der Waals surface area contributed by atoms with Gasteiger partial charge in [0, 0.05) is 5.92 Å². The van der Waals surface area contributed by atoms with Gasteiger partial charge in [0.1, 0.15) is 0 Å². The van der Waals surface area contributed by atoms with Gasteiger partial charge in [0.05, 0.1) is 0 Å². The molecule has 3 heteroatoms. The molecule has 71 valence electrons. The van der Waals surface area contributed by atoms with Crippen molar-refractivity contribution in [3.05, 3.63) is 23.3 Å². The third kappa shape index (κ3) is 3.53. The van der Waals surface area contributed by atoms with Gasteiger partial charge in [-0.15, -0.1) is 0 Å². The molecule has 0 aromatic carbocycles. The molecule has 1 atom stereocenters. The summed E-state index contributed by atoms with van der Waals surface area (Å²) in [6, 6.07) is 0. The Balaban J connectivity index is 0.000000251. The molecule has 1 radical (unpaired) electrons. The van der Waals surface area contributed by atoms with Gasteiger partial charge in [-0.3, -0.25) is 0 Å². The van der Waals surface area contributed by atoms with Crippen LogP contribution in [0.3, 0.4) is 0 Å². The first-order chi connectivity index (χ1) is 6.29. The monoisotopic (exact) mass is 293 g/mol. The molecular weight excluding hydrogens is 282 g/mol. The zero-order chi connectivity index (χ0) is 9.68. The van der Waals surface area contributed by atoms with E-state index >= 15 is 0 Å². The molecule has 0 aromatic heterocycles. The fourth-order valence-electron chi connectivity index (χ4n) is 1.94. The summed E-state index contributed by atoms with van der Waals surface area (Å²) in [4.78, 5) is 0. The van der Waals surface area contributed by atoms with Crippen molar-refractivity contribution in [1.29, 1.82) is 0 Å². The third-order valence-corrected chi connectivity index (χ3v) is 2.58. The molecule has 13 heavy (non-hydrogen) atoms. The Hall–Kier alpha value is 0.943. The average molecular weight is 295 g/mol. The van der Waals surface area contributed by atoms with Gasteiger partial charge in [0.2, 0.25) is 0 Å². The zero-order valence-electron chi connectivity index (χ0n) is 7.74. The van der Waals surface area contributed by atoms with Crippen molar-refractivity contribution in [2.24, 2.45) is 5.92 Å². The Morgan fingerprint density at radius 2 is 2.00 bits per heavy atom. The third-order valence-electron chi connectivity index (χ3n) is 2.58. The Morgan fingerprint density at radius 1 is 1.38 bits per heavy atom. The number of allylic oxidation sites excluding steroid dienone is 4. The second-order valence-corrected chi connectivity index (χ2v) is 7.09. The fraction of sp³-hybridized carbons (Fsp3) is 0.600. The van der Waals surface area contributed by atoms with Gasteiger partial charge in [-0.25, -0.2) is 0 Å². The van der Waals surface area contributed by atoms with Gasteiger partial charge in [-0.1, -0.05) is 18.6 Å². The Bertz CT molecular complexity index is 221. The van der Waals surface area contributed by atoms with Crippen LogP contribution in [0.4, 0.5) is 0 Å². The number of hydrogen-bond acceptors (Lipinski definition) is 0. The molecule has 0 fully saturated rings. The van der Waals surface area contributed by atoms with Crippen LogP contribution in [0.1, 0.15) is 32.6 Å². The van der Waals surface area contributed by atoms with Crippen LogP contribution in [-0.4, -0.2) is 0 Å². The van der Waals surface area contributed by atoms with E-state index in [0.717, 1.165) is 0 Å². The van der Waals surface area contributed by atoms with Crippen LogP contribution >= 0.6 is 17.0 Å². The normalized spacial score (nSPS) is 25.0. The molecule has 0 spiro atoms. The first-order valence-corrected chi connectivity index (χ1v) is 10.9. The first-order valence-electron chi connectivity index (χ1n) is 4.57. The van der Waals surface area contributed by atoms with E-state index in [2.05, 4.69) is 19.1 Å². The summed E-state index contributed by atoms with van der Waals surface area (Å²) < 4.78 is 0. The fourth-order valence-corrected chi connectivity index (χ4v) is 1.94. The molecule has 0 aromatic rings. The van der Waals surface area contributed by atoms with Crippen LogP contribution in [0.2, 0.25) is 0 Å². The molecule has 0 saturated carbocycles. The van der Waals surface area contributed by atoms with E-state index in [1.807, 2.05) is 0 Å². The van der Waals surface area contributed by atoms with Crippen molar-refractivity contribution in [3.8, 4) is 0 Å². The van der Waals surface area contributed by atoms with Crippen LogP contribution in [-0.2, 0) is 20.8 Å². The SMILES string of the molecule is CC1[C]=CC2=C1CCCC2.[Cl][Zr][Cl]. The predicted molar refractivity (Wildman–Crippen MR) is 54.2 cm³/mol. The van der Waals surface area contributed by atoms with Gasteiger partial charge in [0.25, 0.3) is 0 Å². The molecule has 1 unspecified atom stereocenters. The number of halogens is 2. The molecular formula is C10H13Cl2Zr. The minimum atomic E-state index is -0.826. The number of rotatable bonds is 0. The topological polar surface area (TPSA) is 0 Å². The Morgan fingerprint density at radius 3 is 2.62 bits per heavy atom. The summed E-state index contributed by atoms with van der Waals surface area (Å²) in [6.07, 6.45) is 11.0. The first kappa shape index (κ1) is 12.0. The average Bonchev–Trinajstić information content (AvgIpc) is 2.50. The molecule has 0 N–H and O–H groups in total.